The highest BCUT2D eigenvalue weighted by Crippen LogP contribution is 2.26. The second-order valence-electron chi connectivity index (χ2n) is 5.98. The lowest BCUT2D eigenvalue weighted by atomic mass is 9.99. The van der Waals surface area contributed by atoms with Crippen LogP contribution in [0.15, 0.2) is 34.9 Å². The predicted molar refractivity (Wildman–Crippen MR) is 91.3 cm³/mol. The fourth-order valence-corrected chi connectivity index (χ4v) is 2.87. The van der Waals surface area contributed by atoms with E-state index in [-0.39, 0.29) is 11.6 Å². The zero-order valence-corrected chi connectivity index (χ0v) is 14.5. The number of carbonyl (C=O) groups excluding carboxylic acids is 1. The van der Waals surface area contributed by atoms with E-state index < -0.39 is 11.7 Å². The molecule has 1 aromatic carbocycles. The van der Waals surface area contributed by atoms with Crippen LogP contribution in [0.2, 0.25) is 0 Å². The molecule has 2 aromatic heterocycles. The van der Waals surface area contributed by atoms with Crippen molar-refractivity contribution in [3.05, 3.63) is 58.9 Å². The molecule has 3 aromatic rings. The molecule has 130 valence electrons. The fourth-order valence-electron chi connectivity index (χ4n) is 2.87. The van der Waals surface area contributed by atoms with Crippen LogP contribution in [-0.4, -0.2) is 20.8 Å². The number of nitrogens with one attached hydrogen (secondary N) is 1. The summed E-state index contributed by atoms with van der Waals surface area (Å²) >= 11 is 0. The van der Waals surface area contributed by atoms with Crippen LogP contribution in [0.1, 0.15) is 35.6 Å². The SMILES string of the molecule is Cc1cc(NC(=O)[C@@H](C)c2c(C)noc2C)n(-c2ccccc2F)n1. The Morgan fingerprint density at radius 2 is 2.00 bits per heavy atom. The first-order chi connectivity index (χ1) is 11.9. The Labute approximate surface area is 144 Å². The molecule has 1 atom stereocenters. The smallest absolute Gasteiger partial charge is 0.232 e. The van der Waals surface area contributed by atoms with Crippen molar-refractivity contribution in [3.8, 4) is 5.69 Å². The van der Waals surface area contributed by atoms with E-state index in [2.05, 4.69) is 15.6 Å². The number of aromatic nitrogens is 3. The van der Waals surface area contributed by atoms with Gasteiger partial charge in [0.25, 0.3) is 0 Å². The lowest BCUT2D eigenvalue weighted by Crippen LogP contribution is -2.21. The van der Waals surface area contributed by atoms with Gasteiger partial charge in [0, 0.05) is 11.6 Å². The van der Waals surface area contributed by atoms with Crippen LogP contribution < -0.4 is 5.32 Å². The molecule has 25 heavy (non-hydrogen) atoms. The number of hydrogen-bond acceptors (Lipinski definition) is 4. The van der Waals surface area contributed by atoms with Crippen molar-refractivity contribution in [3.63, 3.8) is 0 Å². The van der Waals surface area contributed by atoms with Crippen LogP contribution in [0.5, 0.6) is 0 Å². The number of carbonyl (C=O) groups is 1. The first kappa shape index (κ1) is 16.9. The van der Waals surface area contributed by atoms with Gasteiger partial charge in [-0.25, -0.2) is 9.07 Å². The van der Waals surface area contributed by atoms with Crippen molar-refractivity contribution in [1.82, 2.24) is 14.9 Å². The Kier molecular flexibility index (Phi) is 4.39. The van der Waals surface area contributed by atoms with Gasteiger partial charge in [-0.3, -0.25) is 4.79 Å². The maximum absolute atomic E-state index is 14.1. The number of hydrogen-bond donors (Lipinski definition) is 1. The summed E-state index contributed by atoms with van der Waals surface area (Å²) in [6.45, 7) is 7.12. The number of para-hydroxylation sites is 1. The van der Waals surface area contributed by atoms with Gasteiger partial charge in [-0.05, 0) is 39.8 Å². The highest BCUT2D eigenvalue weighted by molar-refractivity contribution is 5.95. The molecular weight excluding hydrogens is 323 g/mol. The third-order valence-electron chi connectivity index (χ3n) is 4.08. The molecule has 0 saturated heterocycles. The summed E-state index contributed by atoms with van der Waals surface area (Å²) in [6, 6.07) is 7.98. The molecule has 0 aliphatic carbocycles. The third kappa shape index (κ3) is 3.17. The summed E-state index contributed by atoms with van der Waals surface area (Å²) < 4.78 is 20.6. The highest BCUT2D eigenvalue weighted by Gasteiger charge is 2.24. The minimum Gasteiger partial charge on any atom is -0.361 e. The largest absolute Gasteiger partial charge is 0.361 e. The van der Waals surface area contributed by atoms with Crippen LogP contribution in [0, 0.1) is 26.6 Å². The molecule has 0 fully saturated rings. The van der Waals surface area contributed by atoms with Crippen LogP contribution in [0.3, 0.4) is 0 Å². The average molecular weight is 342 g/mol. The second-order valence-corrected chi connectivity index (χ2v) is 5.98. The Bertz CT molecular complexity index is 910. The molecule has 6 nitrogen and oxygen atoms in total. The molecule has 0 aliphatic rings. The maximum Gasteiger partial charge on any atom is 0.232 e. The maximum atomic E-state index is 14.1. The minimum absolute atomic E-state index is 0.244. The average Bonchev–Trinajstić information content (AvgIpc) is 3.09. The fraction of sp³-hybridized carbons (Fsp3) is 0.278. The Balaban J connectivity index is 1.91. The van der Waals surface area contributed by atoms with Gasteiger partial charge >= 0.3 is 0 Å². The molecule has 3 rings (SSSR count). The van der Waals surface area contributed by atoms with E-state index >= 15 is 0 Å². The first-order valence-electron chi connectivity index (χ1n) is 7.93. The Morgan fingerprint density at radius 3 is 2.64 bits per heavy atom. The number of anilines is 1. The van der Waals surface area contributed by atoms with Crippen molar-refractivity contribution in [1.29, 1.82) is 0 Å². The molecule has 2 heterocycles. The number of nitrogens with zero attached hydrogens (tertiary/aromatic N) is 3. The third-order valence-corrected chi connectivity index (χ3v) is 4.08. The lowest BCUT2D eigenvalue weighted by molar-refractivity contribution is -0.117. The van der Waals surface area contributed by atoms with E-state index in [0.717, 1.165) is 5.56 Å². The van der Waals surface area contributed by atoms with E-state index in [1.165, 1.54) is 10.7 Å². The summed E-state index contributed by atoms with van der Waals surface area (Å²) in [7, 11) is 0. The predicted octanol–water partition coefficient (Wildman–Crippen LogP) is 3.67. The Morgan fingerprint density at radius 1 is 1.28 bits per heavy atom. The summed E-state index contributed by atoms with van der Waals surface area (Å²) in [5.41, 5.74) is 2.38. The number of rotatable bonds is 4. The van der Waals surface area contributed by atoms with Crippen molar-refractivity contribution < 1.29 is 13.7 Å². The minimum atomic E-state index is -0.462. The van der Waals surface area contributed by atoms with Gasteiger partial charge in [-0.15, -0.1) is 0 Å². The summed E-state index contributed by atoms with van der Waals surface area (Å²) in [6.07, 6.45) is 0. The topological polar surface area (TPSA) is 73.0 Å². The van der Waals surface area contributed by atoms with E-state index in [0.29, 0.717) is 23.0 Å². The molecule has 0 bridgehead atoms. The van der Waals surface area contributed by atoms with Crippen molar-refractivity contribution in [2.45, 2.75) is 33.6 Å². The zero-order valence-electron chi connectivity index (χ0n) is 14.5. The van der Waals surface area contributed by atoms with E-state index in [9.17, 15) is 9.18 Å². The normalized spacial score (nSPS) is 12.2. The van der Waals surface area contributed by atoms with Crippen LogP contribution >= 0.6 is 0 Å². The molecular formula is C18H19FN4O2. The van der Waals surface area contributed by atoms with Gasteiger partial charge in [0.2, 0.25) is 5.91 Å². The van der Waals surface area contributed by atoms with Crippen molar-refractivity contribution in [2.24, 2.45) is 0 Å². The molecule has 7 heteroatoms. The van der Waals surface area contributed by atoms with Gasteiger partial charge in [0.05, 0.1) is 17.3 Å². The molecule has 0 radical (unpaired) electrons. The van der Waals surface area contributed by atoms with Gasteiger partial charge in [-0.1, -0.05) is 17.3 Å². The lowest BCUT2D eigenvalue weighted by Gasteiger charge is -2.13. The molecule has 0 saturated carbocycles. The second kappa shape index (κ2) is 6.51. The summed E-state index contributed by atoms with van der Waals surface area (Å²) in [5.74, 6) is -0.104. The molecule has 0 spiro atoms. The molecule has 1 amide bonds. The number of halogens is 1. The van der Waals surface area contributed by atoms with Gasteiger partial charge in [-0.2, -0.15) is 5.10 Å². The Hall–Kier alpha value is -2.96. The van der Waals surface area contributed by atoms with Crippen LogP contribution in [-0.2, 0) is 4.79 Å². The molecule has 1 N–H and O–H groups in total. The van der Waals surface area contributed by atoms with E-state index in [4.69, 9.17) is 4.52 Å². The number of aryl methyl sites for hydroxylation is 3. The van der Waals surface area contributed by atoms with Crippen molar-refractivity contribution in [2.75, 3.05) is 5.32 Å². The number of amides is 1. The zero-order chi connectivity index (χ0) is 18.1. The molecule has 0 unspecified atom stereocenters. The number of benzene rings is 1. The van der Waals surface area contributed by atoms with E-state index in [1.54, 1.807) is 52.0 Å². The van der Waals surface area contributed by atoms with E-state index in [1.807, 2.05) is 0 Å². The van der Waals surface area contributed by atoms with Gasteiger partial charge in [0.15, 0.2) is 0 Å². The molecule has 0 aliphatic heterocycles. The summed E-state index contributed by atoms with van der Waals surface area (Å²) in [5, 5.41) is 11.0. The first-order valence-corrected chi connectivity index (χ1v) is 7.93. The van der Waals surface area contributed by atoms with Crippen molar-refractivity contribution >= 4 is 11.7 Å². The summed E-state index contributed by atoms with van der Waals surface area (Å²) in [4.78, 5) is 12.7. The van der Waals surface area contributed by atoms with Gasteiger partial charge in [0.1, 0.15) is 23.1 Å². The standard InChI is InChI=1S/C18H19FN4O2/c1-10-9-16(23(21-10)15-8-6-5-7-14(15)19)20-18(24)11(2)17-12(3)22-25-13(17)4/h5-9,11H,1-4H3,(H,20,24)/t11-/m0/s1. The highest BCUT2D eigenvalue weighted by atomic mass is 19.1. The quantitative estimate of drug-likeness (QED) is 0.785. The monoisotopic (exact) mass is 342 g/mol. The van der Waals surface area contributed by atoms with Crippen LogP contribution in [0.25, 0.3) is 5.69 Å². The van der Waals surface area contributed by atoms with Gasteiger partial charge < -0.3 is 9.84 Å². The van der Waals surface area contributed by atoms with Crippen LogP contribution in [0.4, 0.5) is 10.2 Å².